The highest BCUT2D eigenvalue weighted by molar-refractivity contribution is 7.98. The molecular formula is C12H15N3OS2. The summed E-state index contributed by atoms with van der Waals surface area (Å²) in [6.07, 6.45) is 2.69. The van der Waals surface area contributed by atoms with Crippen LogP contribution < -0.4 is 11.1 Å². The Morgan fingerprint density at radius 3 is 3.22 bits per heavy atom. The Bertz CT molecular complexity index is 541. The number of fused-ring (bicyclic) bond motifs is 1. The summed E-state index contributed by atoms with van der Waals surface area (Å²) in [7, 11) is 0. The van der Waals surface area contributed by atoms with Gasteiger partial charge in [0.05, 0.1) is 21.8 Å². The third kappa shape index (κ3) is 3.22. The Morgan fingerprint density at radius 1 is 1.61 bits per heavy atom. The van der Waals surface area contributed by atoms with E-state index in [1.807, 2.05) is 24.5 Å². The number of carbonyl (C=O) groups excluding carboxylic acids is 1. The number of thiazole rings is 1. The molecule has 0 fully saturated rings. The van der Waals surface area contributed by atoms with E-state index in [-0.39, 0.29) is 5.91 Å². The van der Waals surface area contributed by atoms with Gasteiger partial charge in [-0.2, -0.15) is 11.8 Å². The van der Waals surface area contributed by atoms with Crippen LogP contribution in [0.4, 0.5) is 5.69 Å². The summed E-state index contributed by atoms with van der Waals surface area (Å²) in [5.41, 5.74) is 9.32. The molecule has 0 saturated carbocycles. The Morgan fingerprint density at radius 2 is 2.44 bits per heavy atom. The molecule has 2 aromatic rings. The van der Waals surface area contributed by atoms with Crippen molar-refractivity contribution < 1.29 is 4.79 Å². The van der Waals surface area contributed by atoms with Crippen LogP contribution in [0.15, 0.2) is 23.7 Å². The predicted octanol–water partition coefficient (Wildman–Crippen LogP) is 2.32. The molecule has 0 aliphatic rings. The van der Waals surface area contributed by atoms with Crippen LogP contribution in [0, 0.1) is 0 Å². The van der Waals surface area contributed by atoms with Gasteiger partial charge in [0.2, 0.25) is 5.91 Å². The summed E-state index contributed by atoms with van der Waals surface area (Å²) in [5, 5.41) is 2.84. The fourth-order valence-corrected chi connectivity index (χ4v) is 2.75. The molecule has 6 heteroatoms. The molecule has 1 aromatic carbocycles. The van der Waals surface area contributed by atoms with Crippen molar-refractivity contribution in [3.05, 3.63) is 23.7 Å². The van der Waals surface area contributed by atoms with Gasteiger partial charge in [0.1, 0.15) is 0 Å². The summed E-state index contributed by atoms with van der Waals surface area (Å²) in [5.74, 6) is 0.760. The van der Waals surface area contributed by atoms with Crippen molar-refractivity contribution in [2.24, 2.45) is 5.73 Å². The average molecular weight is 281 g/mol. The molecule has 0 bridgehead atoms. The zero-order valence-corrected chi connectivity index (χ0v) is 11.7. The van der Waals surface area contributed by atoms with E-state index >= 15 is 0 Å². The van der Waals surface area contributed by atoms with Gasteiger partial charge in [-0.3, -0.25) is 4.79 Å². The molecule has 1 aromatic heterocycles. The van der Waals surface area contributed by atoms with Crippen LogP contribution in [0.1, 0.15) is 6.42 Å². The van der Waals surface area contributed by atoms with Crippen LogP contribution in [0.3, 0.4) is 0 Å². The average Bonchev–Trinajstić information content (AvgIpc) is 2.83. The second kappa shape index (κ2) is 6.17. The number of hydrogen-bond donors (Lipinski definition) is 2. The van der Waals surface area contributed by atoms with Gasteiger partial charge in [-0.15, -0.1) is 11.3 Å². The highest BCUT2D eigenvalue weighted by atomic mass is 32.2. The second-order valence-electron chi connectivity index (χ2n) is 3.91. The zero-order valence-electron chi connectivity index (χ0n) is 10.1. The maximum absolute atomic E-state index is 11.8. The molecule has 4 nitrogen and oxygen atoms in total. The van der Waals surface area contributed by atoms with E-state index in [0.29, 0.717) is 6.42 Å². The Labute approximate surface area is 114 Å². The second-order valence-corrected chi connectivity index (χ2v) is 5.78. The van der Waals surface area contributed by atoms with Crippen molar-refractivity contribution in [3.63, 3.8) is 0 Å². The van der Waals surface area contributed by atoms with Crippen LogP contribution in [0.2, 0.25) is 0 Å². The Balaban J connectivity index is 2.01. The van der Waals surface area contributed by atoms with E-state index in [0.717, 1.165) is 21.7 Å². The number of nitrogens with one attached hydrogen (secondary N) is 1. The van der Waals surface area contributed by atoms with Gasteiger partial charge in [-0.1, -0.05) is 0 Å². The molecule has 96 valence electrons. The lowest BCUT2D eigenvalue weighted by Gasteiger charge is -2.11. The van der Waals surface area contributed by atoms with E-state index in [1.54, 1.807) is 28.6 Å². The number of anilines is 1. The molecule has 0 spiro atoms. The summed E-state index contributed by atoms with van der Waals surface area (Å²) < 4.78 is 1.06. The lowest BCUT2D eigenvalue weighted by molar-refractivity contribution is -0.117. The van der Waals surface area contributed by atoms with Gasteiger partial charge >= 0.3 is 0 Å². The molecule has 0 aliphatic heterocycles. The minimum absolute atomic E-state index is 0.132. The van der Waals surface area contributed by atoms with Crippen LogP contribution >= 0.6 is 23.1 Å². The first-order valence-electron chi connectivity index (χ1n) is 5.59. The van der Waals surface area contributed by atoms with Crippen LogP contribution in [0.25, 0.3) is 10.2 Å². The predicted molar refractivity (Wildman–Crippen MR) is 79.2 cm³/mol. The van der Waals surface area contributed by atoms with E-state index in [4.69, 9.17) is 5.73 Å². The molecular weight excluding hydrogens is 266 g/mol. The van der Waals surface area contributed by atoms with Crippen LogP contribution in [-0.4, -0.2) is 28.9 Å². The zero-order chi connectivity index (χ0) is 13.0. The third-order valence-corrected chi connectivity index (χ3v) is 4.00. The fraction of sp³-hybridized carbons (Fsp3) is 0.333. The minimum atomic E-state index is -0.449. The van der Waals surface area contributed by atoms with E-state index in [9.17, 15) is 4.79 Å². The molecule has 2 rings (SSSR count). The molecule has 1 amide bonds. The summed E-state index contributed by atoms with van der Waals surface area (Å²) in [4.78, 5) is 16.0. The van der Waals surface area contributed by atoms with Crippen molar-refractivity contribution in [2.75, 3.05) is 17.3 Å². The van der Waals surface area contributed by atoms with Crippen molar-refractivity contribution >= 4 is 44.9 Å². The van der Waals surface area contributed by atoms with Crippen molar-refractivity contribution in [2.45, 2.75) is 12.5 Å². The standard InChI is InChI=1S/C12H15N3OS2/c1-17-5-4-9(13)12(16)15-8-2-3-10-11(6-8)18-7-14-10/h2-3,6-7,9H,4-5,13H2,1H3,(H,15,16)/t9-/m1/s1. The van der Waals surface area contributed by atoms with Gasteiger partial charge in [-0.05, 0) is 36.6 Å². The quantitative estimate of drug-likeness (QED) is 0.882. The first-order chi connectivity index (χ1) is 8.70. The smallest absolute Gasteiger partial charge is 0.241 e. The number of amides is 1. The molecule has 18 heavy (non-hydrogen) atoms. The van der Waals surface area contributed by atoms with E-state index < -0.39 is 6.04 Å². The lowest BCUT2D eigenvalue weighted by Crippen LogP contribution is -2.36. The van der Waals surface area contributed by atoms with Crippen molar-refractivity contribution in [3.8, 4) is 0 Å². The maximum atomic E-state index is 11.8. The summed E-state index contributed by atoms with van der Waals surface area (Å²) in [6, 6.07) is 5.22. The third-order valence-electron chi connectivity index (χ3n) is 2.57. The number of thioether (sulfide) groups is 1. The fourth-order valence-electron chi connectivity index (χ4n) is 1.54. The number of rotatable bonds is 5. The van der Waals surface area contributed by atoms with Gasteiger partial charge in [0.25, 0.3) is 0 Å². The number of benzene rings is 1. The lowest BCUT2D eigenvalue weighted by atomic mass is 10.2. The van der Waals surface area contributed by atoms with Gasteiger partial charge in [-0.25, -0.2) is 4.98 Å². The van der Waals surface area contributed by atoms with Crippen LogP contribution in [-0.2, 0) is 4.79 Å². The van der Waals surface area contributed by atoms with Gasteiger partial charge in [0, 0.05) is 5.69 Å². The molecule has 1 atom stereocenters. The maximum Gasteiger partial charge on any atom is 0.241 e. The van der Waals surface area contributed by atoms with Crippen molar-refractivity contribution in [1.29, 1.82) is 0 Å². The van der Waals surface area contributed by atoms with Crippen molar-refractivity contribution in [1.82, 2.24) is 4.98 Å². The Hall–Kier alpha value is -1.11. The number of nitrogens with zero attached hydrogens (tertiary/aromatic N) is 1. The molecule has 3 N–H and O–H groups in total. The largest absolute Gasteiger partial charge is 0.325 e. The highest BCUT2D eigenvalue weighted by Gasteiger charge is 2.13. The first-order valence-corrected chi connectivity index (χ1v) is 7.86. The van der Waals surface area contributed by atoms with Crippen LogP contribution in [0.5, 0.6) is 0 Å². The molecule has 0 unspecified atom stereocenters. The number of hydrogen-bond acceptors (Lipinski definition) is 5. The SMILES string of the molecule is CSCC[C@@H](N)C(=O)Nc1ccc2ncsc2c1. The van der Waals surface area contributed by atoms with E-state index in [2.05, 4.69) is 10.3 Å². The van der Waals surface area contributed by atoms with Gasteiger partial charge in [0.15, 0.2) is 0 Å². The van der Waals surface area contributed by atoms with E-state index in [1.165, 1.54) is 0 Å². The van der Waals surface area contributed by atoms with Gasteiger partial charge < -0.3 is 11.1 Å². The number of aromatic nitrogens is 1. The first kappa shape index (κ1) is 13.3. The normalized spacial score (nSPS) is 12.6. The summed E-state index contributed by atoms with van der Waals surface area (Å²) >= 11 is 3.24. The summed E-state index contributed by atoms with van der Waals surface area (Å²) in [6.45, 7) is 0. The molecule has 0 saturated heterocycles. The Kier molecular flexibility index (Phi) is 4.57. The monoisotopic (exact) mass is 281 g/mol. The molecule has 0 aliphatic carbocycles. The number of carbonyl (C=O) groups is 1. The highest BCUT2D eigenvalue weighted by Crippen LogP contribution is 2.21. The molecule has 0 radical (unpaired) electrons. The topological polar surface area (TPSA) is 68.0 Å². The molecule has 1 heterocycles. The number of nitrogens with two attached hydrogens (primary N) is 1. The minimum Gasteiger partial charge on any atom is -0.325 e.